The number of anilines is 1. The minimum absolute atomic E-state index is 0.117. The lowest BCUT2D eigenvalue weighted by Crippen LogP contribution is -2.38. The van der Waals surface area contributed by atoms with E-state index in [2.05, 4.69) is 0 Å². The molecular formula is C14H17ClN2O3. The number of carbonyl (C=O) groups is 2. The molecule has 1 amide bonds. The maximum Gasteiger partial charge on any atom is 0.320 e. The Bertz CT molecular complexity index is 494. The van der Waals surface area contributed by atoms with Crippen molar-refractivity contribution in [1.29, 1.82) is 0 Å². The first-order valence-electron chi connectivity index (χ1n) is 6.42. The number of hydrogen-bond acceptors (Lipinski definition) is 4. The lowest BCUT2D eigenvalue weighted by molar-refractivity contribution is -0.150. The van der Waals surface area contributed by atoms with Gasteiger partial charge >= 0.3 is 5.97 Å². The Hall–Kier alpha value is -1.59. The Kier molecular flexibility index (Phi) is 4.62. The molecule has 1 saturated heterocycles. The standard InChI is InChI=1S/C14H17ClN2O3/c1-10-12(14(19)20-9-8-15)13(18)17(16(10)2)11-6-4-3-5-7-11/h3-7,10,12H,8-9H2,1-2H3. The van der Waals surface area contributed by atoms with Gasteiger partial charge in [0, 0.05) is 13.1 Å². The first-order valence-corrected chi connectivity index (χ1v) is 6.95. The van der Waals surface area contributed by atoms with E-state index in [-0.39, 0.29) is 24.4 Å². The largest absolute Gasteiger partial charge is 0.464 e. The van der Waals surface area contributed by atoms with Gasteiger partial charge in [-0.25, -0.2) is 10.0 Å². The van der Waals surface area contributed by atoms with E-state index in [1.54, 1.807) is 12.1 Å². The molecule has 0 N–H and O–H groups in total. The molecule has 1 aromatic carbocycles. The molecule has 1 heterocycles. The molecule has 2 rings (SSSR count). The lowest BCUT2D eigenvalue weighted by Gasteiger charge is -2.26. The normalized spacial score (nSPS) is 23.1. The highest BCUT2D eigenvalue weighted by molar-refractivity contribution is 6.18. The van der Waals surface area contributed by atoms with Crippen LogP contribution in [0.25, 0.3) is 0 Å². The second-order valence-electron chi connectivity index (χ2n) is 4.63. The van der Waals surface area contributed by atoms with E-state index in [0.29, 0.717) is 0 Å². The monoisotopic (exact) mass is 296 g/mol. The van der Waals surface area contributed by atoms with E-state index in [0.717, 1.165) is 5.69 Å². The van der Waals surface area contributed by atoms with Crippen LogP contribution >= 0.6 is 11.6 Å². The summed E-state index contributed by atoms with van der Waals surface area (Å²) < 4.78 is 5.00. The van der Waals surface area contributed by atoms with E-state index in [1.165, 1.54) is 5.01 Å². The van der Waals surface area contributed by atoms with Gasteiger partial charge < -0.3 is 4.74 Å². The first kappa shape index (κ1) is 14.8. The number of halogens is 1. The molecule has 0 spiro atoms. The summed E-state index contributed by atoms with van der Waals surface area (Å²) >= 11 is 5.50. The number of alkyl halides is 1. The van der Waals surface area contributed by atoms with Crippen molar-refractivity contribution in [2.24, 2.45) is 5.92 Å². The SMILES string of the molecule is CC1C(C(=O)OCCCl)C(=O)N(c2ccccc2)N1C. The smallest absolute Gasteiger partial charge is 0.320 e. The van der Waals surface area contributed by atoms with Crippen LogP contribution in [0.3, 0.4) is 0 Å². The average Bonchev–Trinajstić information content (AvgIpc) is 2.68. The molecule has 0 bridgehead atoms. The van der Waals surface area contributed by atoms with Gasteiger partial charge in [-0.1, -0.05) is 18.2 Å². The fourth-order valence-corrected chi connectivity index (χ4v) is 2.37. The minimum atomic E-state index is -0.816. The molecule has 20 heavy (non-hydrogen) atoms. The van der Waals surface area contributed by atoms with Crippen LogP contribution in [-0.4, -0.2) is 42.5 Å². The molecular weight excluding hydrogens is 280 g/mol. The van der Waals surface area contributed by atoms with Gasteiger partial charge in [-0.05, 0) is 19.1 Å². The van der Waals surface area contributed by atoms with Crippen molar-refractivity contribution in [2.75, 3.05) is 24.5 Å². The van der Waals surface area contributed by atoms with Crippen LogP contribution in [0.5, 0.6) is 0 Å². The van der Waals surface area contributed by atoms with Crippen LogP contribution < -0.4 is 5.01 Å². The van der Waals surface area contributed by atoms with Crippen molar-refractivity contribution < 1.29 is 14.3 Å². The van der Waals surface area contributed by atoms with Crippen molar-refractivity contribution in [3.63, 3.8) is 0 Å². The molecule has 1 fully saturated rings. The summed E-state index contributed by atoms with van der Waals surface area (Å²) in [6, 6.07) is 8.96. The number of hydrogen-bond donors (Lipinski definition) is 0. The van der Waals surface area contributed by atoms with Gasteiger partial charge in [-0.15, -0.1) is 11.6 Å². The number of hydrazine groups is 1. The van der Waals surface area contributed by atoms with E-state index in [4.69, 9.17) is 16.3 Å². The van der Waals surface area contributed by atoms with Crippen molar-refractivity contribution >= 4 is 29.2 Å². The maximum atomic E-state index is 12.5. The minimum Gasteiger partial charge on any atom is -0.464 e. The summed E-state index contributed by atoms with van der Waals surface area (Å²) in [5.41, 5.74) is 0.736. The third kappa shape index (κ3) is 2.64. The summed E-state index contributed by atoms with van der Waals surface area (Å²) in [5.74, 6) is -1.39. The summed E-state index contributed by atoms with van der Waals surface area (Å²) in [6.07, 6.45) is 0. The lowest BCUT2D eigenvalue weighted by atomic mass is 10.0. The van der Waals surface area contributed by atoms with Gasteiger partial charge in [0.05, 0.1) is 11.6 Å². The number of benzene rings is 1. The van der Waals surface area contributed by atoms with Crippen LogP contribution in [-0.2, 0) is 14.3 Å². The quantitative estimate of drug-likeness (QED) is 0.482. The molecule has 108 valence electrons. The number of esters is 1. The van der Waals surface area contributed by atoms with Crippen LogP contribution in [0.15, 0.2) is 30.3 Å². The second kappa shape index (κ2) is 6.24. The Morgan fingerprint density at radius 2 is 2.00 bits per heavy atom. The fraction of sp³-hybridized carbons (Fsp3) is 0.429. The van der Waals surface area contributed by atoms with Gasteiger partial charge in [0.15, 0.2) is 5.92 Å². The Balaban J connectivity index is 2.22. The van der Waals surface area contributed by atoms with Crippen LogP contribution in [0.4, 0.5) is 5.69 Å². The van der Waals surface area contributed by atoms with E-state index < -0.39 is 11.9 Å². The van der Waals surface area contributed by atoms with Crippen LogP contribution in [0, 0.1) is 5.92 Å². The fourth-order valence-electron chi connectivity index (χ4n) is 2.30. The number of carbonyl (C=O) groups excluding carboxylic acids is 2. The zero-order valence-electron chi connectivity index (χ0n) is 11.5. The van der Waals surface area contributed by atoms with Gasteiger partial charge in [-0.3, -0.25) is 9.59 Å². The van der Waals surface area contributed by atoms with E-state index >= 15 is 0 Å². The third-order valence-corrected chi connectivity index (χ3v) is 3.59. The summed E-state index contributed by atoms with van der Waals surface area (Å²) in [5, 5.41) is 3.27. The second-order valence-corrected chi connectivity index (χ2v) is 5.01. The average molecular weight is 297 g/mol. The van der Waals surface area contributed by atoms with Crippen LogP contribution in [0.1, 0.15) is 6.92 Å². The molecule has 2 unspecified atom stereocenters. The summed E-state index contributed by atoms with van der Waals surface area (Å²) in [7, 11) is 1.78. The van der Waals surface area contributed by atoms with E-state index in [9.17, 15) is 9.59 Å². The highest BCUT2D eigenvalue weighted by Crippen LogP contribution is 2.30. The third-order valence-electron chi connectivity index (χ3n) is 3.44. The Morgan fingerprint density at radius 3 is 2.60 bits per heavy atom. The predicted molar refractivity (Wildman–Crippen MR) is 76.3 cm³/mol. The predicted octanol–water partition coefficient (Wildman–Crippen LogP) is 1.67. The van der Waals surface area contributed by atoms with Gasteiger partial charge in [0.2, 0.25) is 0 Å². The van der Waals surface area contributed by atoms with Crippen molar-refractivity contribution in [3.8, 4) is 0 Å². The number of rotatable bonds is 4. The molecule has 1 aliphatic heterocycles. The van der Waals surface area contributed by atoms with Crippen LogP contribution in [0.2, 0.25) is 0 Å². The Morgan fingerprint density at radius 1 is 1.35 bits per heavy atom. The van der Waals surface area contributed by atoms with Gasteiger partial charge in [0.25, 0.3) is 5.91 Å². The summed E-state index contributed by atoms with van der Waals surface area (Å²) in [4.78, 5) is 24.5. The number of ether oxygens (including phenoxy) is 1. The number of amides is 1. The molecule has 5 nitrogen and oxygen atoms in total. The molecule has 0 aliphatic carbocycles. The highest BCUT2D eigenvalue weighted by atomic mass is 35.5. The number of nitrogens with zero attached hydrogens (tertiary/aromatic N) is 2. The molecule has 1 aliphatic rings. The molecule has 2 atom stereocenters. The topological polar surface area (TPSA) is 49.9 Å². The van der Waals surface area contributed by atoms with E-state index in [1.807, 2.05) is 37.3 Å². The van der Waals surface area contributed by atoms with Gasteiger partial charge in [0.1, 0.15) is 6.61 Å². The Labute approximate surface area is 123 Å². The van der Waals surface area contributed by atoms with Gasteiger partial charge in [-0.2, -0.15) is 0 Å². The highest BCUT2D eigenvalue weighted by Gasteiger charge is 2.48. The van der Waals surface area contributed by atoms with Crippen molar-refractivity contribution in [2.45, 2.75) is 13.0 Å². The summed E-state index contributed by atoms with van der Waals surface area (Å²) in [6.45, 7) is 1.94. The molecule has 1 aromatic rings. The molecule has 6 heteroatoms. The number of para-hydroxylation sites is 1. The zero-order chi connectivity index (χ0) is 14.7. The van der Waals surface area contributed by atoms with Crippen molar-refractivity contribution in [3.05, 3.63) is 30.3 Å². The first-order chi connectivity index (χ1) is 9.57. The molecule has 0 saturated carbocycles. The molecule has 0 aromatic heterocycles. The molecule has 0 radical (unpaired) electrons. The zero-order valence-corrected chi connectivity index (χ0v) is 12.2. The maximum absolute atomic E-state index is 12.5. The van der Waals surface area contributed by atoms with Crippen molar-refractivity contribution in [1.82, 2.24) is 5.01 Å².